The van der Waals surface area contributed by atoms with Crippen LogP contribution in [0.5, 0.6) is 11.5 Å². The zero-order valence-electron chi connectivity index (χ0n) is 15.6. The van der Waals surface area contributed by atoms with E-state index in [1.165, 1.54) is 5.56 Å². The first-order valence-electron chi connectivity index (χ1n) is 9.15. The Balaban J connectivity index is 1.69. The number of ether oxygens (including phenoxy) is 1. The van der Waals surface area contributed by atoms with Crippen molar-refractivity contribution in [1.29, 1.82) is 0 Å². The van der Waals surface area contributed by atoms with Gasteiger partial charge in [0.2, 0.25) is 0 Å². The van der Waals surface area contributed by atoms with Crippen LogP contribution in [0, 0.1) is 0 Å². The predicted octanol–water partition coefficient (Wildman–Crippen LogP) is 4.57. The number of nitrogens with zero attached hydrogens (tertiary/aromatic N) is 3. The molecule has 0 saturated heterocycles. The van der Waals surface area contributed by atoms with Crippen molar-refractivity contribution in [2.45, 2.75) is 13.0 Å². The minimum atomic E-state index is 0.233. The van der Waals surface area contributed by atoms with Gasteiger partial charge in [-0.25, -0.2) is 0 Å². The number of aromatic nitrogens is 3. The molecule has 0 radical (unpaired) electrons. The molecule has 0 aliphatic heterocycles. The Hall–Kier alpha value is -3.60. The maximum atomic E-state index is 9.60. The summed E-state index contributed by atoms with van der Waals surface area (Å²) in [4.78, 5) is 0. The highest BCUT2D eigenvalue weighted by atomic mass is 16.5. The van der Waals surface area contributed by atoms with Crippen LogP contribution in [0.25, 0.3) is 22.8 Å². The molecule has 0 amide bonds. The van der Waals surface area contributed by atoms with Crippen LogP contribution in [0.3, 0.4) is 0 Å². The van der Waals surface area contributed by atoms with Gasteiger partial charge in [0, 0.05) is 17.7 Å². The molecule has 5 heteroatoms. The van der Waals surface area contributed by atoms with Crippen LogP contribution < -0.4 is 4.74 Å². The van der Waals surface area contributed by atoms with E-state index in [0.29, 0.717) is 0 Å². The van der Waals surface area contributed by atoms with Gasteiger partial charge in [-0.1, -0.05) is 42.5 Å². The first-order chi connectivity index (χ1) is 13.7. The first kappa shape index (κ1) is 17.8. The van der Waals surface area contributed by atoms with Crippen molar-refractivity contribution >= 4 is 0 Å². The van der Waals surface area contributed by atoms with Crippen LogP contribution in [0.1, 0.15) is 5.56 Å². The zero-order chi connectivity index (χ0) is 19.3. The summed E-state index contributed by atoms with van der Waals surface area (Å²) in [6.07, 6.45) is 0.840. The van der Waals surface area contributed by atoms with Crippen molar-refractivity contribution < 1.29 is 9.84 Å². The summed E-state index contributed by atoms with van der Waals surface area (Å²) < 4.78 is 7.37. The lowest BCUT2D eigenvalue weighted by Crippen LogP contribution is -2.06. The van der Waals surface area contributed by atoms with E-state index < -0.39 is 0 Å². The van der Waals surface area contributed by atoms with E-state index in [9.17, 15) is 5.11 Å². The Morgan fingerprint density at radius 3 is 2.00 bits per heavy atom. The highest BCUT2D eigenvalue weighted by Crippen LogP contribution is 2.26. The number of phenols is 1. The largest absolute Gasteiger partial charge is 0.508 e. The van der Waals surface area contributed by atoms with E-state index in [1.807, 2.05) is 54.6 Å². The van der Waals surface area contributed by atoms with Gasteiger partial charge in [-0.3, -0.25) is 0 Å². The van der Waals surface area contributed by atoms with Gasteiger partial charge in [0.05, 0.1) is 7.11 Å². The number of hydrogen-bond acceptors (Lipinski definition) is 4. The number of rotatable bonds is 6. The molecule has 0 atom stereocenters. The van der Waals surface area contributed by atoms with E-state index in [4.69, 9.17) is 4.74 Å². The molecule has 0 fully saturated rings. The molecule has 140 valence electrons. The fourth-order valence-electron chi connectivity index (χ4n) is 3.17. The van der Waals surface area contributed by atoms with E-state index in [1.54, 1.807) is 19.2 Å². The van der Waals surface area contributed by atoms with Crippen LogP contribution in [-0.2, 0) is 13.0 Å². The molecule has 1 aromatic heterocycles. The predicted molar refractivity (Wildman–Crippen MR) is 109 cm³/mol. The SMILES string of the molecule is COc1ccc(CCn2c(-c3ccccc3)nnc2-c2ccc(O)cc2)cc1. The van der Waals surface area contributed by atoms with Crippen molar-refractivity contribution in [3.63, 3.8) is 0 Å². The number of benzene rings is 3. The quantitative estimate of drug-likeness (QED) is 0.539. The van der Waals surface area contributed by atoms with E-state index >= 15 is 0 Å². The molecular formula is C23H21N3O2. The molecule has 4 rings (SSSR count). The number of aromatic hydroxyl groups is 1. The first-order valence-corrected chi connectivity index (χ1v) is 9.15. The summed E-state index contributed by atoms with van der Waals surface area (Å²) in [5.41, 5.74) is 3.15. The minimum Gasteiger partial charge on any atom is -0.508 e. The van der Waals surface area contributed by atoms with Crippen molar-refractivity contribution in [2.24, 2.45) is 0 Å². The maximum absolute atomic E-state index is 9.60. The summed E-state index contributed by atoms with van der Waals surface area (Å²) in [6.45, 7) is 0.736. The molecule has 5 nitrogen and oxygen atoms in total. The molecular weight excluding hydrogens is 350 g/mol. The fourth-order valence-corrected chi connectivity index (χ4v) is 3.17. The van der Waals surface area contributed by atoms with Gasteiger partial charge in [0.25, 0.3) is 0 Å². The number of methoxy groups -OCH3 is 1. The van der Waals surface area contributed by atoms with Crippen molar-refractivity contribution in [2.75, 3.05) is 7.11 Å². The standard InChI is InChI=1S/C23H21N3O2/c1-28-21-13-7-17(8-14-21)15-16-26-22(18-5-3-2-4-6-18)24-25-23(26)19-9-11-20(27)12-10-19/h2-14,27H,15-16H2,1H3. The van der Waals surface area contributed by atoms with Crippen molar-refractivity contribution in [1.82, 2.24) is 14.8 Å². The smallest absolute Gasteiger partial charge is 0.164 e. The Labute approximate surface area is 163 Å². The Bertz CT molecular complexity index is 1040. The van der Waals surface area contributed by atoms with Gasteiger partial charge in [0.1, 0.15) is 11.5 Å². The summed E-state index contributed by atoms with van der Waals surface area (Å²) in [5, 5.41) is 18.5. The highest BCUT2D eigenvalue weighted by Gasteiger charge is 2.15. The van der Waals surface area contributed by atoms with Gasteiger partial charge < -0.3 is 14.4 Å². The van der Waals surface area contributed by atoms with Crippen LogP contribution in [-0.4, -0.2) is 27.0 Å². The van der Waals surface area contributed by atoms with E-state index in [2.05, 4.69) is 26.9 Å². The molecule has 3 aromatic carbocycles. The lowest BCUT2D eigenvalue weighted by molar-refractivity contribution is 0.414. The average Bonchev–Trinajstić information content (AvgIpc) is 3.17. The third-order valence-corrected chi connectivity index (χ3v) is 4.69. The van der Waals surface area contributed by atoms with Crippen LogP contribution >= 0.6 is 0 Å². The summed E-state index contributed by atoms with van der Waals surface area (Å²) in [7, 11) is 1.67. The van der Waals surface area contributed by atoms with Crippen molar-refractivity contribution in [3.8, 4) is 34.3 Å². The molecule has 1 N–H and O–H groups in total. The molecule has 0 aliphatic carbocycles. The van der Waals surface area contributed by atoms with Gasteiger partial charge >= 0.3 is 0 Å². The molecule has 0 saturated carbocycles. The highest BCUT2D eigenvalue weighted by molar-refractivity contribution is 5.63. The summed E-state index contributed by atoms with van der Waals surface area (Å²) in [6, 6.07) is 25.2. The zero-order valence-corrected chi connectivity index (χ0v) is 15.6. The fraction of sp³-hybridized carbons (Fsp3) is 0.130. The van der Waals surface area contributed by atoms with Gasteiger partial charge in [-0.05, 0) is 48.4 Å². The van der Waals surface area contributed by atoms with Crippen LogP contribution in [0.15, 0.2) is 78.9 Å². The topological polar surface area (TPSA) is 60.2 Å². The third kappa shape index (κ3) is 3.74. The van der Waals surface area contributed by atoms with Gasteiger partial charge in [0.15, 0.2) is 11.6 Å². The lowest BCUT2D eigenvalue weighted by Gasteiger charge is -2.11. The third-order valence-electron chi connectivity index (χ3n) is 4.69. The second-order valence-electron chi connectivity index (χ2n) is 6.51. The van der Waals surface area contributed by atoms with Crippen LogP contribution in [0.2, 0.25) is 0 Å². The Kier molecular flexibility index (Phi) is 5.06. The van der Waals surface area contributed by atoms with Crippen LogP contribution in [0.4, 0.5) is 0 Å². The molecule has 0 unspecified atom stereocenters. The van der Waals surface area contributed by atoms with E-state index in [-0.39, 0.29) is 5.75 Å². The molecule has 1 heterocycles. The number of aryl methyl sites for hydroxylation is 1. The number of phenolic OH excluding ortho intramolecular Hbond substituents is 1. The van der Waals surface area contributed by atoms with Gasteiger partial charge in [-0.15, -0.1) is 10.2 Å². The maximum Gasteiger partial charge on any atom is 0.164 e. The average molecular weight is 371 g/mol. The molecule has 28 heavy (non-hydrogen) atoms. The summed E-state index contributed by atoms with van der Waals surface area (Å²) in [5.74, 6) is 2.70. The second kappa shape index (κ2) is 7.96. The minimum absolute atomic E-state index is 0.233. The molecule has 4 aromatic rings. The van der Waals surface area contributed by atoms with Crippen molar-refractivity contribution in [3.05, 3.63) is 84.4 Å². The van der Waals surface area contributed by atoms with Gasteiger partial charge in [-0.2, -0.15) is 0 Å². The Morgan fingerprint density at radius 2 is 1.39 bits per heavy atom. The normalized spacial score (nSPS) is 10.8. The second-order valence-corrected chi connectivity index (χ2v) is 6.51. The monoisotopic (exact) mass is 371 g/mol. The Morgan fingerprint density at radius 1 is 0.786 bits per heavy atom. The molecule has 0 bridgehead atoms. The number of hydrogen-bond donors (Lipinski definition) is 1. The summed E-state index contributed by atoms with van der Waals surface area (Å²) >= 11 is 0. The lowest BCUT2D eigenvalue weighted by atomic mass is 10.1. The molecule has 0 aliphatic rings. The molecule has 0 spiro atoms. The van der Waals surface area contributed by atoms with E-state index in [0.717, 1.165) is 41.5 Å².